The smallest absolute Gasteiger partial charge is 0.0532 e. The molecule has 3 heteroatoms. The molecule has 92 valence electrons. The second kappa shape index (κ2) is 4.65. The van der Waals surface area contributed by atoms with Gasteiger partial charge in [0.15, 0.2) is 0 Å². The van der Waals surface area contributed by atoms with Crippen LogP contribution >= 0.6 is 34.0 Å². The van der Waals surface area contributed by atoms with Gasteiger partial charge >= 0.3 is 0 Å². The molecule has 0 aromatic carbocycles. The van der Waals surface area contributed by atoms with Crippen LogP contribution in [0.1, 0.15) is 14.6 Å². The molecule has 0 N–H and O–H groups in total. The van der Waals surface area contributed by atoms with Crippen molar-refractivity contribution in [2.45, 2.75) is 20.8 Å². The summed E-state index contributed by atoms with van der Waals surface area (Å²) in [4.78, 5) is 8.35. The Hall–Kier alpha value is -0.900. The van der Waals surface area contributed by atoms with Gasteiger partial charge in [-0.3, -0.25) is 0 Å². The van der Waals surface area contributed by atoms with Gasteiger partial charge in [0.05, 0.1) is 4.88 Å². The molecule has 0 bridgehead atoms. The summed E-state index contributed by atoms with van der Waals surface area (Å²) < 4.78 is 0. The average molecular weight is 290 g/mol. The minimum atomic E-state index is 1.38. The minimum absolute atomic E-state index is 1.38. The summed E-state index contributed by atoms with van der Waals surface area (Å²) in [7, 11) is 0. The Morgan fingerprint density at radius 1 is 0.667 bits per heavy atom. The zero-order valence-electron chi connectivity index (χ0n) is 10.6. The zero-order valence-corrected chi connectivity index (χ0v) is 13.1. The molecule has 18 heavy (non-hydrogen) atoms. The largest absolute Gasteiger partial charge is 0.141 e. The highest BCUT2D eigenvalue weighted by Gasteiger charge is 2.13. The van der Waals surface area contributed by atoms with Crippen molar-refractivity contribution in [1.29, 1.82) is 0 Å². The molecule has 0 unspecified atom stereocenters. The molecule has 3 rings (SSSR count). The first-order chi connectivity index (χ1) is 8.63. The fourth-order valence-corrected chi connectivity index (χ4v) is 4.99. The highest BCUT2D eigenvalue weighted by atomic mass is 32.1. The van der Waals surface area contributed by atoms with E-state index in [-0.39, 0.29) is 0 Å². The van der Waals surface area contributed by atoms with Crippen molar-refractivity contribution in [3.8, 4) is 20.2 Å². The van der Waals surface area contributed by atoms with Crippen LogP contribution < -0.4 is 0 Å². The molecule has 0 saturated heterocycles. The van der Waals surface area contributed by atoms with Gasteiger partial charge in [0.1, 0.15) is 0 Å². The Labute approximate surface area is 120 Å². The van der Waals surface area contributed by atoms with E-state index in [1.165, 1.54) is 34.8 Å². The summed E-state index contributed by atoms with van der Waals surface area (Å²) in [5.74, 6) is 0. The molecule has 0 amide bonds. The summed E-state index contributed by atoms with van der Waals surface area (Å²) in [5.41, 5.74) is 1.40. The van der Waals surface area contributed by atoms with E-state index in [9.17, 15) is 0 Å². The van der Waals surface area contributed by atoms with Crippen LogP contribution in [0.25, 0.3) is 20.2 Å². The molecule has 0 aliphatic rings. The van der Waals surface area contributed by atoms with Gasteiger partial charge in [-0.15, -0.1) is 34.0 Å². The van der Waals surface area contributed by atoms with Crippen molar-refractivity contribution in [2.75, 3.05) is 0 Å². The first-order valence-corrected chi connectivity index (χ1v) is 8.32. The van der Waals surface area contributed by atoms with Gasteiger partial charge in [0.25, 0.3) is 0 Å². The molecule has 0 atom stereocenters. The lowest BCUT2D eigenvalue weighted by molar-refractivity contribution is 1.63. The predicted octanol–water partition coefficient (Wildman–Crippen LogP) is 6.13. The highest BCUT2D eigenvalue weighted by molar-refractivity contribution is 7.23. The molecule has 3 heterocycles. The maximum absolute atomic E-state index is 2.32. The highest BCUT2D eigenvalue weighted by Crippen LogP contribution is 2.43. The quantitative estimate of drug-likeness (QED) is 0.532. The van der Waals surface area contributed by atoms with Crippen LogP contribution in [0.2, 0.25) is 0 Å². The molecule has 0 spiro atoms. The molecular formula is C15H14S3. The number of rotatable bonds is 2. The minimum Gasteiger partial charge on any atom is -0.141 e. The monoisotopic (exact) mass is 290 g/mol. The van der Waals surface area contributed by atoms with Crippen molar-refractivity contribution in [3.05, 3.63) is 45.0 Å². The lowest BCUT2D eigenvalue weighted by Crippen LogP contribution is -1.70. The van der Waals surface area contributed by atoms with Gasteiger partial charge in [-0.1, -0.05) is 0 Å². The van der Waals surface area contributed by atoms with Crippen LogP contribution in [-0.2, 0) is 0 Å². The van der Waals surface area contributed by atoms with E-state index in [1.54, 1.807) is 0 Å². The van der Waals surface area contributed by atoms with Crippen LogP contribution in [0.4, 0.5) is 0 Å². The molecular weight excluding hydrogens is 276 g/mol. The molecule has 0 radical (unpaired) electrons. The van der Waals surface area contributed by atoms with Gasteiger partial charge in [-0.05, 0) is 51.1 Å². The molecule has 0 aliphatic carbocycles. The summed E-state index contributed by atoms with van der Waals surface area (Å²) >= 11 is 5.67. The Morgan fingerprint density at radius 3 is 1.83 bits per heavy atom. The maximum Gasteiger partial charge on any atom is 0.0532 e. The standard InChI is InChI=1S/C15H14S3/c1-9-4-6-13(16-9)12-8-11(3)18-15(12)14-7-5-10(2)17-14/h4-8H,1-3H3. The van der Waals surface area contributed by atoms with Gasteiger partial charge in [0, 0.05) is 29.9 Å². The van der Waals surface area contributed by atoms with Crippen molar-refractivity contribution in [3.63, 3.8) is 0 Å². The second-order valence-corrected chi connectivity index (χ2v) is 8.25. The van der Waals surface area contributed by atoms with E-state index >= 15 is 0 Å². The van der Waals surface area contributed by atoms with E-state index in [1.807, 2.05) is 34.0 Å². The van der Waals surface area contributed by atoms with Crippen LogP contribution in [0.5, 0.6) is 0 Å². The van der Waals surface area contributed by atoms with Gasteiger partial charge in [0.2, 0.25) is 0 Å². The van der Waals surface area contributed by atoms with Gasteiger partial charge < -0.3 is 0 Å². The summed E-state index contributed by atoms with van der Waals surface area (Å²) in [5, 5.41) is 0. The number of aryl methyl sites for hydroxylation is 3. The van der Waals surface area contributed by atoms with E-state index in [0.29, 0.717) is 0 Å². The molecule has 0 aliphatic heterocycles. The van der Waals surface area contributed by atoms with Crippen LogP contribution in [0, 0.1) is 20.8 Å². The Bertz CT molecular complexity index is 624. The zero-order chi connectivity index (χ0) is 12.7. The van der Waals surface area contributed by atoms with Crippen molar-refractivity contribution in [1.82, 2.24) is 0 Å². The van der Waals surface area contributed by atoms with E-state index < -0.39 is 0 Å². The molecule has 0 nitrogen and oxygen atoms in total. The second-order valence-electron chi connectivity index (χ2n) is 4.42. The Morgan fingerprint density at radius 2 is 1.28 bits per heavy atom. The van der Waals surface area contributed by atoms with Crippen molar-refractivity contribution < 1.29 is 0 Å². The lowest BCUT2D eigenvalue weighted by atomic mass is 10.2. The number of hydrogen-bond acceptors (Lipinski definition) is 3. The third kappa shape index (κ3) is 2.18. The fourth-order valence-electron chi connectivity index (χ4n) is 2.02. The first-order valence-electron chi connectivity index (χ1n) is 5.87. The van der Waals surface area contributed by atoms with E-state index in [0.717, 1.165) is 0 Å². The fraction of sp³-hybridized carbons (Fsp3) is 0.200. The van der Waals surface area contributed by atoms with Crippen LogP contribution in [0.15, 0.2) is 30.3 Å². The lowest BCUT2D eigenvalue weighted by Gasteiger charge is -1.98. The van der Waals surface area contributed by atoms with Crippen molar-refractivity contribution >= 4 is 34.0 Å². The molecule has 0 fully saturated rings. The molecule has 3 aromatic rings. The number of hydrogen-bond donors (Lipinski definition) is 0. The SMILES string of the molecule is Cc1ccc(-c2cc(C)sc2-c2ccc(C)s2)s1. The van der Waals surface area contributed by atoms with E-state index in [4.69, 9.17) is 0 Å². The third-order valence-corrected chi connectivity index (χ3v) is 6.09. The molecule has 0 saturated carbocycles. The van der Waals surface area contributed by atoms with E-state index in [2.05, 4.69) is 51.1 Å². The summed E-state index contributed by atoms with van der Waals surface area (Å²) in [6.07, 6.45) is 0. The Balaban J connectivity index is 2.16. The molecule has 3 aromatic heterocycles. The predicted molar refractivity (Wildman–Crippen MR) is 85.2 cm³/mol. The van der Waals surface area contributed by atoms with Crippen LogP contribution in [-0.4, -0.2) is 0 Å². The summed E-state index contributed by atoms with van der Waals surface area (Å²) in [6.45, 7) is 6.53. The normalized spacial score (nSPS) is 11.1. The Kier molecular flexibility index (Phi) is 3.14. The topological polar surface area (TPSA) is 0 Å². The maximum atomic E-state index is 2.32. The van der Waals surface area contributed by atoms with Gasteiger partial charge in [-0.2, -0.15) is 0 Å². The average Bonchev–Trinajstić information content (AvgIpc) is 2.98. The third-order valence-electron chi connectivity index (χ3n) is 2.83. The first kappa shape index (κ1) is 12.2. The van der Waals surface area contributed by atoms with Gasteiger partial charge in [-0.25, -0.2) is 0 Å². The van der Waals surface area contributed by atoms with Crippen molar-refractivity contribution in [2.24, 2.45) is 0 Å². The number of thiophene rings is 3. The summed E-state index contributed by atoms with van der Waals surface area (Å²) in [6, 6.07) is 11.2. The van der Waals surface area contributed by atoms with Crippen LogP contribution in [0.3, 0.4) is 0 Å².